The Bertz CT molecular complexity index is 568. The molecular formula is C17H22BrNOS. The lowest BCUT2D eigenvalue weighted by atomic mass is 10.0. The van der Waals surface area contributed by atoms with Gasteiger partial charge in [0.1, 0.15) is 11.9 Å². The van der Waals surface area contributed by atoms with Gasteiger partial charge in [-0.2, -0.15) is 0 Å². The number of ether oxygens (including phenoxy) is 1. The van der Waals surface area contributed by atoms with Crippen LogP contribution in [-0.2, 0) is 0 Å². The molecule has 2 nitrogen and oxygen atoms in total. The van der Waals surface area contributed by atoms with Crippen molar-refractivity contribution >= 4 is 27.3 Å². The monoisotopic (exact) mass is 367 g/mol. The molecule has 0 bridgehead atoms. The summed E-state index contributed by atoms with van der Waals surface area (Å²) in [6, 6.07) is 10.3. The zero-order valence-corrected chi connectivity index (χ0v) is 15.1. The standard InChI is InChI=1S/C17H22BrNOS/c1-4-14(19)17(16-6-5-9-21-16)20-15-8-7-12(18)10-13(15)11(2)3/h5-11,14,17H,4,19H2,1-3H3. The second-order valence-corrected chi connectivity index (χ2v) is 7.36. The average Bonchev–Trinajstić information content (AvgIpc) is 2.98. The van der Waals surface area contributed by atoms with E-state index in [1.807, 2.05) is 18.2 Å². The maximum absolute atomic E-state index is 6.32. The molecule has 21 heavy (non-hydrogen) atoms. The number of rotatable bonds is 6. The first kappa shape index (κ1) is 16.5. The molecule has 2 aromatic rings. The molecule has 0 aliphatic heterocycles. The molecule has 0 saturated heterocycles. The molecule has 1 aromatic carbocycles. The van der Waals surface area contributed by atoms with Gasteiger partial charge in [0.25, 0.3) is 0 Å². The molecule has 2 rings (SSSR count). The zero-order valence-electron chi connectivity index (χ0n) is 12.7. The topological polar surface area (TPSA) is 35.2 Å². The van der Waals surface area contributed by atoms with Crippen LogP contribution in [0.25, 0.3) is 0 Å². The summed E-state index contributed by atoms with van der Waals surface area (Å²) >= 11 is 5.23. The van der Waals surface area contributed by atoms with Gasteiger partial charge in [0.05, 0.1) is 0 Å². The van der Waals surface area contributed by atoms with Gasteiger partial charge >= 0.3 is 0 Å². The molecular weight excluding hydrogens is 346 g/mol. The third kappa shape index (κ3) is 4.09. The molecule has 0 aliphatic rings. The van der Waals surface area contributed by atoms with Crippen LogP contribution in [0.2, 0.25) is 0 Å². The van der Waals surface area contributed by atoms with Crippen molar-refractivity contribution in [1.29, 1.82) is 0 Å². The number of nitrogens with two attached hydrogens (primary N) is 1. The van der Waals surface area contributed by atoms with Crippen LogP contribution >= 0.6 is 27.3 Å². The van der Waals surface area contributed by atoms with Gasteiger partial charge < -0.3 is 10.5 Å². The van der Waals surface area contributed by atoms with Gasteiger partial charge in [-0.25, -0.2) is 0 Å². The number of hydrogen-bond acceptors (Lipinski definition) is 3. The second-order valence-electron chi connectivity index (χ2n) is 5.46. The summed E-state index contributed by atoms with van der Waals surface area (Å²) in [7, 11) is 0. The maximum Gasteiger partial charge on any atom is 0.148 e. The minimum atomic E-state index is -0.0892. The molecule has 1 aromatic heterocycles. The van der Waals surface area contributed by atoms with Crippen molar-refractivity contribution in [3.63, 3.8) is 0 Å². The largest absolute Gasteiger partial charge is 0.483 e. The normalized spacial score (nSPS) is 14.2. The number of halogens is 1. The highest BCUT2D eigenvalue weighted by molar-refractivity contribution is 9.10. The van der Waals surface area contributed by atoms with Crippen molar-refractivity contribution in [3.8, 4) is 5.75 Å². The zero-order chi connectivity index (χ0) is 15.4. The maximum atomic E-state index is 6.32. The summed E-state index contributed by atoms with van der Waals surface area (Å²) in [5, 5.41) is 2.07. The van der Waals surface area contributed by atoms with Crippen molar-refractivity contribution in [2.24, 2.45) is 5.73 Å². The molecule has 0 aliphatic carbocycles. The Labute approximate surface area is 139 Å². The SMILES string of the molecule is CCC(N)C(Oc1ccc(Br)cc1C(C)C)c1cccs1. The lowest BCUT2D eigenvalue weighted by Gasteiger charge is -2.25. The fourth-order valence-corrected chi connectivity index (χ4v) is 3.45. The number of benzene rings is 1. The molecule has 0 saturated carbocycles. The number of hydrogen-bond donors (Lipinski definition) is 1. The predicted molar refractivity (Wildman–Crippen MR) is 94.2 cm³/mol. The van der Waals surface area contributed by atoms with Gasteiger partial charge in [0.2, 0.25) is 0 Å². The minimum absolute atomic E-state index is 0.00712. The molecule has 0 radical (unpaired) electrons. The Kier molecular flexibility index (Phi) is 5.85. The van der Waals surface area contributed by atoms with E-state index in [0.717, 1.165) is 16.6 Å². The van der Waals surface area contributed by atoms with Gasteiger partial charge in [-0.15, -0.1) is 11.3 Å². The third-order valence-corrected chi connectivity index (χ3v) is 4.96. The summed E-state index contributed by atoms with van der Waals surface area (Å²) in [5.74, 6) is 1.33. The molecule has 0 amide bonds. The summed E-state index contributed by atoms with van der Waals surface area (Å²) in [4.78, 5) is 1.18. The molecule has 0 spiro atoms. The van der Waals surface area contributed by atoms with E-state index in [9.17, 15) is 0 Å². The Morgan fingerprint density at radius 2 is 2.05 bits per heavy atom. The van der Waals surface area contributed by atoms with Gasteiger partial charge in [-0.3, -0.25) is 0 Å². The molecule has 2 N–H and O–H groups in total. The number of thiophene rings is 1. The average molecular weight is 368 g/mol. The quantitative estimate of drug-likeness (QED) is 0.732. The second kappa shape index (κ2) is 7.43. The molecule has 2 unspecified atom stereocenters. The van der Waals surface area contributed by atoms with Crippen molar-refractivity contribution in [2.75, 3.05) is 0 Å². The molecule has 114 valence electrons. The third-order valence-electron chi connectivity index (χ3n) is 3.53. The van der Waals surface area contributed by atoms with Gasteiger partial charge in [-0.1, -0.05) is 42.8 Å². The lowest BCUT2D eigenvalue weighted by Crippen LogP contribution is -2.31. The first-order valence-corrected chi connectivity index (χ1v) is 8.95. The molecule has 0 fully saturated rings. The highest BCUT2D eigenvalue weighted by atomic mass is 79.9. The van der Waals surface area contributed by atoms with Crippen molar-refractivity contribution in [2.45, 2.75) is 45.3 Å². The van der Waals surface area contributed by atoms with Crippen molar-refractivity contribution in [3.05, 3.63) is 50.6 Å². The van der Waals surface area contributed by atoms with E-state index in [2.05, 4.69) is 54.2 Å². The summed E-state index contributed by atoms with van der Waals surface area (Å²) in [6.07, 6.45) is 0.796. The van der Waals surface area contributed by atoms with E-state index >= 15 is 0 Å². The summed E-state index contributed by atoms with van der Waals surface area (Å²) in [5.41, 5.74) is 7.49. The van der Waals surface area contributed by atoms with E-state index in [1.54, 1.807) is 11.3 Å². The van der Waals surface area contributed by atoms with Crippen LogP contribution in [-0.4, -0.2) is 6.04 Å². The van der Waals surface area contributed by atoms with E-state index in [-0.39, 0.29) is 12.1 Å². The van der Waals surface area contributed by atoms with Crippen LogP contribution in [0, 0.1) is 0 Å². The van der Waals surface area contributed by atoms with Crippen molar-refractivity contribution in [1.82, 2.24) is 0 Å². The van der Waals surface area contributed by atoms with Crippen LogP contribution in [0.5, 0.6) is 5.75 Å². The van der Waals surface area contributed by atoms with Crippen LogP contribution < -0.4 is 10.5 Å². The Balaban J connectivity index is 2.33. The highest BCUT2D eigenvalue weighted by Crippen LogP contribution is 2.35. The fourth-order valence-electron chi connectivity index (χ4n) is 2.24. The van der Waals surface area contributed by atoms with Crippen LogP contribution in [0.3, 0.4) is 0 Å². The van der Waals surface area contributed by atoms with Crippen molar-refractivity contribution < 1.29 is 4.74 Å². The fraction of sp³-hybridized carbons (Fsp3) is 0.412. The lowest BCUT2D eigenvalue weighted by molar-refractivity contribution is 0.172. The van der Waals surface area contributed by atoms with E-state index in [4.69, 9.17) is 10.5 Å². The first-order chi connectivity index (χ1) is 10.0. The van der Waals surface area contributed by atoms with Crippen LogP contribution in [0.1, 0.15) is 49.7 Å². The predicted octanol–water partition coefficient (Wildman–Crippen LogP) is 5.49. The first-order valence-electron chi connectivity index (χ1n) is 7.28. The Morgan fingerprint density at radius 1 is 1.29 bits per heavy atom. The summed E-state index contributed by atoms with van der Waals surface area (Å²) in [6.45, 7) is 6.45. The van der Waals surface area contributed by atoms with Gasteiger partial charge in [0.15, 0.2) is 0 Å². The van der Waals surface area contributed by atoms with Crippen LogP contribution in [0.15, 0.2) is 40.2 Å². The van der Waals surface area contributed by atoms with E-state index in [1.165, 1.54) is 10.4 Å². The molecule has 1 heterocycles. The van der Waals surface area contributed by atoms with Gasteiger partial charge in [0, 0.05) is 15.4 Å². The van der Waals surface area contributed by atoms with Gasteiger partial charge in [-0.05, 0) is 47.5 Å². The van der Waals surface area contributed by atoms with E-state index < -0.39 is 0 Å². The summed E-state index contributed by atoms with van der Waals surface area (Å²) < 4.78 is 7.40. The highest BCUT2D eigenvalue weighted by Gasteiger charge is 2.23. The Morgan fingerprint density at radius 3 is 2.62 bits per heavy atom. The van der Waals surface area contributed by atoms with E-state index in [0.29, 0.717) is 5.92 Å². The van der Waals surface area contributed by atoms with Crippen LogP contribution in [0.4, 0.5) is 0 Å². The molecule has 2 atom stereocenters. The molecule has 4 heteroatoms. The Hall–Kier alpha value is -0.840. The smallest absolute Gasteiger partial charge is 0.148 e. The minimum Gasteiger partial charge on any atom is -0.483 e.